The van der Waals surface area contributed by atoms with Crippen molar-refractivity contribution in [1.29, 1.82) is 5.26 Å². The average molecular weight is 362 g/mol. The number of rotatable bonds is 2. The minimum Gasteiger partial charge on any atom is -0.416 e. The molecule has 2 rings (SSSR count). The molecule has 0 aliphatic rings. The maximum atomic E-state index is 9.05. The maximum Gasteiger partial charge on any atom is 0.142 e. The number of halogens is 2. The van der Waals surface area contributed by atoms with E-state index in [-0.39, 0.29) is 0 Å². The zero-order valence-corrected chi connectivity index (χ0v) is 12.2. The summed E-state index contributed by atoms with van der Waals surface area (Å²) < 4.78 is 2.95. The second kappa shape index (κ2) is 4.62. The molecule has 0 unspecified atom stereocenters. The highest BCUT2D eigenvalue weighted by Crippen LogP contribution is 2.39. The average Bonchev–Trinajstić information content (AvgIpc) is 2.85. The van der Waals surface area contributed by atoms with Gasteiger partial charge in [0.2, 0.25) is 0 Å². The summed E-state index contributed by atoms with van der Waals surface area (Å²) in [6.07, 6.45) is 0. The SMILES string of the molecule is COn1c(Br)c(C#N)c(Br)c1-c1cccs1. The molecule has 6 heteroatoms. The Bertz CT molecular complexity index is 554. The number of nitrogens with zero attached hydrogens (tertiary/aromatic N) is 2. The van der Waals surface area contributed by atoms with E-state index in [0.717, 1.165) is 15.0 Å². The van der Waals surface area contributed by atoms with Crippen LogP contribution < -0.4 is 4.84 Å². The van der Waals surface area contributed by atoms with Crippen LogP contribution in [0.1, 0.15) is 5.56 Å². The van der Waals surface area contributed by atoms with Crippen molar-refractivity contribution in [3.05, 3.63) is 32.2 Å². The molecule has 0 amide bonds. The Kier molecular flexibility index (Phi) is 3.38. The highest BCUT2D eigenvalue weighted by atomic mass is 79.9. The number of hydrogen-bond acceptors (Lipinski definition) is 3. The second-order valence-electron chi connectivity index (χ2n) is 2.89. The molecule has 0 atom stereocenters. The first-order chi connectivity index (χ1) is 7.70. The molecular weight excluding hydrogens is 356 g/mol. The molecular formula is C10H6Br2N2OS. The zero-order chi connectivity index (χ0) is 11.7. The molecule has 2 aromatic rings. The van der Waals surface area contributed by atoms with Gasteiger partial charge in [-0.15, -0.1) is 11.3 Å². The van der Waals surface area contributed by atoms with Gasteiger partial charge >= 0.3 is 0 Å². The lowest BCUT2D eigenvalue weighted by atomic mass is 10.3. The lowest BCUT2D eigenvalue weighted by Gasteiger charge is -2.06. The van der Waals surface area contributed by atoms with Gasteiger partial charge in [-0.05, 0) is 43.3 Å². The second-order valence-corrected chi connectivity index (χ2v) is 5.39. The van der Waals surface area contributed by atoms with Gasteiger partial charge in [-0.1, -0.05) is 6.07 Å². The topological polar surface area (TPSA) is 38.0 Å². The van der Waals surface area contributed by atoms with Crippen molar-refractivity contribution in [2.24, 2.45) is 0 Å². The summed E-state index contributed by atoms with van der Waals surface area (Å²) >= 11 is 8.37. The van der Waals surface area contributed by atoms with Crippen LogP contribution in [0.4, 0.5) is 0 Å². The lowest BCUT2D eigenvalue weighted by Crippen LogP contribution is -2.07. The summed E-state index contributed by atoms with van der Waals surface area (Å²) in [5.74, 6) is 0. The molecule has 0 saturated heterocycles. The first-order valence-corrected chi connectivity index (χ1v) is 6.75. The van der Waals surface area contributed by atoms with Crippen molar-refractivity contribution in [3.8, 4) is 16.6 Å². The van der Waals surface area contributed by atoms with Gasteiger partial charge in [0, 0.05) is 0 Å². The largest absolute Gasteiger partial charge is 0.416 e. The fraction of sp³-hybridized carbons (Fsp3) is 0.100. The Morgan fingerprint density at radius 2 is 2.25 bits per heavy atom. The lowest BCUT2D eigenvalue weighted by molar-refractivity contribution is 0.166. The summed E-state index contributed by atoms with van der Waals surface area (Å²) in [7, 11) is 1.56. The van der Waals surface area contributed by atoms with Gasteiger partial charge in [0.15, 0.2) is 0 Å². The van der Waals surface area contributed by atoms with Crippen LogP contribution in [0.3, 0.4) is 0 Å². The zero-order valence-electron chi connectivity index (χ0n) is 8.20. The highest BCUT2D eigenvalue weighted by molar-refractivity contribution is 9.11. The quantitative estimate of drug-likeness (QED) is 0.818. The van der Waals surface area contributed by atoms with Crippen molar-refractivity contribution in [2.45, 2.75) is 0 Å². The van der Waals surface area contributed by atoms with Crippen LogP contribution in [-0.2, 0) is 0 Å². The predicted octanol–water partition coefficient (Wildman–Crippen LogP) is 3.67. The molecule has 0 spiro atoms. The summed E-state index contributed by atoms with van der Waals surface area (Å²) in [5.41, 5.74) is 1.38. The third-order valence-electron chi connectivity index (χ3n) is 2.06. The van der Waals surface area contributed by atoms with Crippen molar-refractivity contribution >= 4 is 43.2 Å². The predicted molar refractivity (Wildman–Crippen MR) is 70.4 cm³/mol. The summed E-state index contributed by atoms with van der Waals surface area (Å²) in [6, 6.07) is 6.07. The molecule has 3 nitrogen and oxygen atoms in total. The van der Waals surface area contributed by atoms with Crippen LogP contribution in [0.15, 0.2) is 26.6 Å². The normalized spacial score (nSPS) is 10.1. The molecule has 0 N–H and O–H groups in total. The van der Waals surface area contributed by atoms with Gasteiger partial charge in [0.25, 0.3) is 0 Å². The Morgan fingerprint density at radius 1 is 1.50 bits per heavy atom. The number of hydrogen-bond donors (Lipinski definition) is 0. The smallest absolute Gasteiger partial charge is 0.142 e. The first kappa shape index (κ1) is 11.7. The summed E-state index contributed by atoms with van der Waals surface area (Å²) in [5, 5.41) is 11.0. The Hall–Kier alpha value is -0.770. The van der Waals surface area contributed by atoms with E-state index in [1.807, 2.05) is 17.5 Å². The Balaban J connectivity index is 2.75. The van der Waals surface area contributed by atoms with Crippen LogP contribution in [0.2, 0.25) is 0 Å². The Morgan fingerprint density at radius 3 is 2.75 bits per heavy atom. The fourth-order valence-electron chi connectivity index (χ4n) is 1.39. The number of nitriles is 1. The van der Waals surface area contributed by atoms with Crippen LogP contribution in [0.25, 0.3) is 10.6 Å². The van der Waals surface area contributed by atoms with Crippen LogP contribution >= 0.6 is 43.2 Å². The number of aromatic nitrogens is 1. The van der Waals surface area contributed by atoms with E-state index in [0.29, 0.717) is 10.2 Å². The van der Waals surface area contributed by atoms with Gasteiger partial charge in [0.05, 0.1) is 9.35 Å². The van der Waals surface area contributed by atoms with E-state index in [2.05, 4.69) is 37.9 Å². The molecule has 0 aromatic carbocycles. The molecule has 0 radical (unpaired) electrons. The molecule has 0 fully saturated rings. The molecule has 82 valence electrons. The number of thiophene rings is 1. The fourth-order valence-corrected chi connectivity index (χ4v) is 3.80. The molecule has 0 bridgehead atoms. The van der Waals surface area contributed by atoms with E-state index in [1.54, 1.807) is 23.2 Å². The van der Waals surface area contributed by atoms with E-state index in [9.17, 15) is 0 Å². The van der Waals surface area contributed by atoms with Crippen molar-refractivity contribution < 1.29 is 4.84 Å². The van der Waals surface area contributed by atoms with Crippen LogP contribution in [0.5, 0.6) is 0 Å². The van der Waals surface area contributed by atoms with Gasteiger partial charge in [-0.25, -0.2) is 0 Å². The van der Waals surface area contributed by atoms with Gasteiger partial charge < -0.3 is 4.84 Å². The molecule has 0 aliphatic heterocycles. The maximum absolute atomic E-state index is 9.05. The van der Waals surface area contributed by atoms with Crippen LogP contribution in [0, 0.1) is 11.3 Å². The summed E-state index contributed by atoms with van der Waals surface area (Å²) in [4.78, 5) is 6.30. The third-order valence-corrected chi connectivity index (χ3v) is 4.43. The van der Waals surface area contributed by atoms with Crippen LogP contribution in [-0.4, -0.2) is 11.8 Å². The molecule has 0 aliphatic carbocycles. The molecule has 16 heavy (non-hydrogen) atoms. The summed E-state index contributed by atoms with van der Waals surface area (Å²) in [6.45, 7) is 0. The van der Waals surface area contributed by atoms with Gasteiger partial charge in [-0.3, -0.25) is 0 Å². The van der Waals surface area contributed by atoms with Crippen molar-refractivity contribution in [1.82, 2.24) is 4.73 Å². The molecule has 2 aromatic heterocycles. The van der Waals surface area contributed by atoms with E-state index in [4.69, 9.17) is 10.1 Å². The third kappa shape index (κ3) is 1.69. The Labute approximate surface area is 113 Å². The monoisotopic (exact) mass is 360 g/mol. The van der Waals surface area contributed by atoms with Crippen molar-refractivity contribution in [2.75, 3.05) is 7.11 Å². The van der Waals surface area contributed by atoms with E-state index < -0.39 is 0 Å². The van der Waals surface area contributed by atoms with E-state index in [1.165, 1.54) is 0 Å². The highest BCUT2D eigenvalue weighted by Gasteiger charge is 2.22. The molecule has 0 saturated carbocycles. The standard InChI is InChI=1S/C10H6Br2N2OS/c1-15-14-9(7-3-2-4-16-7)8(11)6(5-13)10(14)12/h2-4H,1H3. The minimum atomic E-state index is 0.533. The van der Waals surface area contributed by atoms with E-state index >= 15 is 0 Å². The van der Waals surface area contributed by atoms with Crippen molar-refractivity contribution in [3.63, 3.8) is 0 Å². The molecule has 2 heterocycles. The van der Waals surface area contributed by atoms with Gasteiger partial charge in [0.1, 0.15) is 29.0 Å². The van der Waals surface area contributed by atoms with Gasteiger partial charge in [-0.2, -0.15) is 9.99 Å². The minimum absolute atomic E-state index is 0.533. The first-order valence-electron chi connectivity index (χ1n) is 4.28.